The maximum absolute atomic E-state index is 12.2. The van der Waals surface area contributed by atoms with Crippen LogP contribution < -0.4 is 10.0 Å². The van der Waals surface area contributed by atoms with Gasteiger partial charge in [-0.05, 0) is 30.7 Å². The van der Waals surface area contributed by atoms with Gasteiger partial charge in [0.15, 0.2) is 0 Å². The van der Waals surface area contributed by atoms with Crippen LogP contribution in [0.5, 0.6) is 0 Å². The van der Waals surface area contributed by atoms with Gasteiger partial charge in [0.05, 0.1) is 4.90 Å². The zero-order chi connectivity index (χ0) is 12.3. The minimum absolute atomic E-state index is 0.0901. The predicted octanol–water partition coefficient (Wildman–Crippen LogP) is 1.25. The van der Waals surface area contributed by atoms with E-state index in [4.69, 9.17) is 0 Å². The second kappa shape index (κ2) is 5.71. The minimum atomic E-state index is -3.35. The normalized spacial score (nSPS) is 20.9. The Bertz CT molecular complexity index is 464. The number of hydrogen-bond donors (Lipinski definition) is 2. The van der Waals surface area contributed by atoms with Gasteiger partial charge in [0.2, 0.25) is 10.0 Å². The van der Waals surface area contributed by atoms with Gasteiger partial charge >= 0.3 is 0 Å². The average molecular weight is 292 g/mol. The summed E-state index contributed by atoms with van der Waals surface area (Å²) in [5.41, 5.74) is 0. The van der Waals surface area contributed by atoms with Crippen LogP contribution in [0.25, 0.3) is 0 Å². The van der Waals surface area contributed by atoms with Crippen LogP contribution in [0.15, 0.2) is 16.3 Å². The van der Waals surface area contributed by atoms with Gasteiger partial charge in [-0.25, -0.2) is 13.1 Å². The third-order valence-corrected chi connectivity index (χ3v) is 6.40. The van der Waals surface area contributed by atoms with Crippen molar-refractivity contribution in [3.8, 4) is 0 Å². The van der Waals surface area contributed by atoms with Crippen LogP contribution in [0, 0.1) is 0 Å². The fraction of sp³-hybridized carbons (Fsp3) is 0.600. The summed E-state index contributed by atoms with van der Waals surface area (Å²) in [5.74, 6) is 1.92. The molecular weight excluding hydrogens is 276 g/mol. The Morgan fingerprint density at radius 3 is 3.00 bits per heavy atom. The Morgan fingerprint density at radius 1 is 1.53 bits per heavy atom. The van der Waals surface area contributed by atoms with Crippen LogP contribution >= 0.6 is 23.1 Å². The fourth-order valence-corrected chi connectivity index (χ4v) is 5.75. The molecule has 0 saturated carbocycles. The zero-order valence-corrected chi connectivity index (χ0v) is 12.1. The SMILES string of the molecule is CNCc1sccc1S(=O)(=O)NC1CCSC1. The molecule has 1 unspecified atom stereocenters. The summed E-state index contributed by atoms with van der Waals surface area (Å²) < 4.78 is 27.2. The molecule has 1 aliphatic rings. The molecule has 2 N–H and O–H groups in total. The van der Waals surface area contributed by atoms with E-state index in [1.807, 2.05) is 12.4 Å². The second-order valence-electron chi connectivity index (χ2n) is 3.92. The van der Waals surface area contributed by atoms with Crippen molar-refractivity contribution in [1.29, 1.82) is 0 Å². The van der Waals surface area contributed by atoms with Gasteiger partial charge in [0.1, 0.15) is 0 Å². The van der Waals surface area contributed by atoms with Gasteiger partial charge in [0.25, 0.3) is 0 Å². The number of rotatable bonds is 5. The lowest BCUT2D eigenvalue weighted by Gasteiger charge is -2.12. The maximum atomic E-state index is 12.2. The lowest BCUT2D eigenvalue weighted by molar-refractivity contribution is 0.562. The molecule has 1 atom stereocenters. The molecule has 0 aromatic carbocycles. The van der Waals surface area contributed by atoms with Crippen LogP contribution in [0.3, 0.4) is 0 Å². The highest BCUT2D eigenvalue weighted by Gasteiger charge is 2.25. The first-order valence-corrected chi connectivity index (χ1v) is 8.96. The number of nitrogens with one attached hydrogen (secondary N) is 2. The van der Waals surface area contributed by atoms with Crippen molar-refractivity contribution in [3.63, 3.8) is 0 Å². The summed E-state index contributed by atoms with van der Waals surface area (Å²) in [7, 11) is -1.53. The average Bonchev–Trinajstić information content (AvgIpc) is 2.88. The largest absolute Gasteiger partial charge is 0.315 e. The standard InChI is InChI=1S/C10H16N2O2S3/c1-11-6-9-10(3-5-16-9)17(13,14)12-8-2-4-15-7-8/h3,5,8,11-12H,2,4,6-7H2,1H3. The van der Waals surface area contributed by atoms with E-state index < -0.39 is 10.0 Å². The van der Waals surface area contributed by atoms with E-state index in [0.29, 0.717) is 11.4 Å². The molecule has 1 fully saturated rings. The lowest BCUT2D eigenvalue weighted by atomic mass is 10.3. The number of thiophene rings is 1. The van der Waals surface area contributed by atoms with E-state index in [2.05, 4.69) is 10.0 Å². The van der Waals surface area contributed by atoms with E-state index in [-0.39, 0.29) is 6.04 Å². The highest BCUT2D eigenvalue weighted by atomic mass is 32.2. The van der Waals surface area contributed by atoms with Crippen molar-refractivity contribution in [2.75, 3.05) is 18.6 Å². The summed E-state index contributed by atoms with van der Waals surface area (Å²) in [6, 6.07) is 1.77. The van der Waals surface area contributed by atoms with Crippen molar-refractivity contribution in [1.82, 2.24) is 10.0 Å². The lowest BCUT2D eigenvalue weighted by Crippen LogP contribution is -2.34. The van der Waals surface area contributed by atoms with Gasteiger partial charge in [-0.1, -0.05) is 0 Å². The van der Waals surface area contributed by atoms with E-state index in [9.17, 15) is 8.42 Å². The summed E-state index contributed by atoms with van der Waals surface area (Å²) in [5, 5.41) is 4.81. The molecule has 1 aromatic heterocycles. The first-order valence-electron chi connectivity index (χ1n) is 5.44. The maximum Gasteiger partial charge on any atom is 0.242 e. The number of thioether (sulfide) groups is 1. The van der Waals surface area contributed by atoms with Crippen molar-refractivity contribution in [3.05, 3.63) is 16.3 Å². The smallest absolute Gasteiger partial charge is 0.242 e. The van der Waals surface area contributed by atoms with E-state index >= 15 is 0 Å². The third kappa shape index (κ3) is 3.23. The first kappa shape index (κ1) is 13.4. The topological polar surface area (TPSA) is 58.2 Å². The van der Waals surface area contributed by atoms with Crippen LogP contribution in [0.1, 0.15) is 11.3 Å². The summed E-state index contributed by atoms with van der Waals surface area (Å²) in [6.07, 6.45) is 0.926. The number of hydrogen-bond acceptors (Lipinski definition) is 5. The molecule has 0 amide bonds. The molecule has 4 nitrogen and oxygen atoms in total. The highest BCUT2D eigenvalue weighted by Crippen LogP contribution is 2.24. The van der Waals surface area contributed by atoms with Gasteiger partial charge < -0.3 is 5.32 Å². The van der Waals surface area contributed by atoms with Crippen molar-refractivity contribution in [2.24, 2.45) is 0 Å². The molecule has 7 heteroatoms. The Morgan fingerprint density at radius 2 is 2.35 bits per heavy atom. The van der Waals surface area contributed by atoms with E-state index in [0.717, 1.165) is 22.8 Å². The molecule has 2 rings (SSSR count). The number of sulfonamides is 1. The molecule has 1 aliphatic heterocycles. The summed E-state index contributed by atoms with van der Waals surface area (Å²) in [4.78, 5) is 1.29. The molecule has 17 heavy (non-hydrogen) atoms. The van der Waals surface area contributed by atoms with Crippen molar-refractivity contribution in [2.45, 2.75) is 23.9 Å². The predicted molar refractivity (Wildman–Crippen MR) is 73.1 cm³/mol. The molecule has 0 radical (unpaired) electrons. The van der Waals surface area contributed by atoms with Crippen LogP contribution in [-0.4, -0.2) is 33.0 Å². The Hall–Kier alpha value is -0.0800. The van der Waals surface area contributed by atoms with Gasteiger partial charge in [0, 0.05) is 23.2 Å². The first-order chi connectivity index (χ1) is 8.13. The molecule has 0 aliphatic carbocycles. The fourth-order valence-electron chi connectivity index (χ4n) is 1.77. The third-order valence-electron chi connectivity index (χ3n) is 2.58. The van der Waals surface area contributed by atoms with Crippen molar-refractivity contribution < 1.29 is 8.42 Å². The molecular formula is C10H16N2O2S3. The highest BCUT2D eigenvalue weighted by molar-refractivity contribution is 7.99. The monoisotopic (exact) mass is 292 g/mol. The molecule has 1 saturated heterocycles. The minimum Gasteiger partial charge on any atom is -0.315 e. The van der Waals surface area contributed by atoms with E-state index in [1.165, 1.54) is 11.3 Å². The van der Waals surface area contributed by atoms with E-state index in [1.54, 1.807) is 17.8 Å². The Labute approximate surface area is 110 Å². The van der Waals surface area contributed by atoms with Gasteiger partial charge in [-0.3, -0.25) is 0 Å². The van der Waals surface area contributed by atoms with Gasteiger partial charge in [-0.2, -0.15) is 11.8 Å². The van der Waals surface area contributed by atoms with Crippen LogP contribution in [-0.2, 0) is 16.6 Å². The van der Waals surface area contributed by atoms with Crippen LogP contribution in [0.4, 0.5) is 0 Å². The Balaban J connectivity index is 2.15. The molecule has 96 valence electrons. The van der Waals surface area contributed by atoms with Crippen LogP contribution in [0.2, 0.25) is 0 Å². The van der Waals surface area contributed by atoms with Gasteiger partial charge in [-0.15, -0.1) is 11.3 Å². The molecule has 1 aromatic rings. The molecule has 0 bridgehead atoms. The Kier molecular flexibility index (Phi) is 4.48. The molecule has 2 heterocycles. The van der Waals surface area contributed by atoms with Crippen molar-refractivity contribution >= 4 is 33.1 Å². The molecule has 0 spiro atoms. The summed E-state index contributed by atoms with van der Waals surface area (Å²) >= 11 is 3.27. The zero-order valence-electron chi connectivity index (χ0n) is 9.60. The summed E-state index contributed by atoms with van der Waals surface area (Å²) in [6.45, 7) is 0.591. The quantitative estimate of drug-likeness (QED) is 0.857. The second-order valence-corrected chi connectivity index (χ2v) is 7.75.